The van der Waals surface area contributed by atoms with E-state index in [2.05, 4.69) is 6.58 Å². The van der Waals surface area contributed by atoms with Crippen LogP contribution in [0.4, 0.5) is 28.0 Å². The van der Waals surface area contributed by atoms with Crippen LogP contribution in [0.5, 0.6) is 0 Å². The molecule has 1 atom stereocenters. The molecule has 0 radical (unpaired) electrons. The van der Waals surface area contributed by atoms with E-state index < -0.39 is 41.2 Å². The Labute approximate surface area is 153 Å². The summed E-state index contributed by atoms with van der Waals surface area (Å²) >= 11 is 0. The van der Waals surface area contributed by atoms with Gasteiger partial charge in [0.15, 0.2) is 0 Å². The van der Waals surface area contributed by atoms with Crippen LogP contribution < -0.4 is 4.90 Å². The molecule has 0 saturated carbocycles. The Hall–Kier alpha value is -2.13. The van der Waals surface area contributed by atoms with E-state index in [0.717, 1.165) is 0 Å². The summed E-state index contributed by atoms with van der Waals surface area (Å²) in [5.74, 6) is -1.78. The molecule has 2 heterocycles. The molecule has 5 nitrogen and oxygen atoms in total. The Morgan fingerprint density at radius 1 is 1.23 bits per heavy atom. The first-order valence-electron chi connectivity index (χ1n) is 7.58. The summed E-state index contributed by atoms with van der Waals surface area (Å²) in [6, 6.07) is 0.0374. The molecule has 142 valence electrons. The van der Waals surface area contributed by atoms with Crippen molar-refractivity contribution in [3.63, 3.8) is 0 Å². The number of fused-ring (bicyclic) bond motifs is 1. The summed E-state index contributed by atoms with van der Waals surface area (Å²) in [5, 5.41) is 0. The monoisotopic (exact) mass is 393 g/mol. The zero-order valence-corrected chi connectivity index (χ0v) is 14.3. The number of piperazine rings is 1. The molecule has 1 aromatic carbocycles. The van der Waals surface area contributed by atoms with Crippen LogP contribution in [0.25, 0.3) is 0 Å². The van der Waals surface area contributed by atoms with E-state index in [0.29, 0.717) is 36.2 Å². The van der Waals surface area contributed by atoms with Crippen LogP contribution in [-0.2, 0) is 11.0 Å². The van der Waals surface area contributed by atoms with E-state index in [-0.39, 0.29) is 25.5 Å². The minimum atomic E-state index is -4.71. The second-order valence-corrected chi connectivity index (χ2v) is 5.88. The van der Waals surface area contributed by atoms with E-state index in [1.165, 1.54) is 4.90 Å². The van der Waals surface area contributed by atoms with Gasteiger partial charge in [-0.3, -0.25) is 9.69 Å². The molecule has 26 heavy (non-hydrogen) atoms. The first-order chi connectivity index (χ1) is 11.7. The fourth-order valence-electron chi connectivity index (χ4n) is 3.08. The highest BCUT2D eigenvalue weighted by molar-refractivity contribution is 6.21. The van der Waals surface area contributed by atoms with Crippen LogP contribution >= 0.6 is 12.4 Å². The summed E-state index contributed by atoms with van der Waals surface area (Å²) in [6.07, 6.45) is -3.05. The summed E-state index contributed by atoms with van der Waals surface area (Å²) in [4.78, 5) is 28.7. The van der Waals surface area contributed by atoms with Crippen molar-refractivity contribution in [2.75, 3.05) is 31.1 Å². The fourth-order valence-corrected chi connectivity index (χ4v) is 3.08. The number of hydrogen-bond donors (Lipinski definition) is 0. The minimum absolute atomic E-state index is 0. The third-order valence-electron chi connectivity index (χ3n) is 4.31. The molecule has 2 aliphatic rings. The lowest BCUT2D eigenvalue weighted by Gasteiger charge is -2.34. The Morgan fingerprint density at radius 3 is 2.54 bits per heavy atom. The molecule has 10 heteroatoms. The van der Waals surface area contributed by atoms with Crippen molar-refractivity contribution in [1.82, 2.24) is 9.80 Å². The molecule has 2 fully saturated rings. The molecule has 0 bridgehead atoms. The number of imide groups is 1. The van der Waals surface area contributed by atoms with E-state index >= 15 is 0 Å². The SMILES string of the molecule is C=CCN1CCN2C(=O)N(c3cc(C(F)(F)F)ccc3F)C(=O)C2C1.Cl. The molecular formula is C16H16ClF4N3O2. The number of amides is 3. The summed E-state index contributed by atoms with van der Waals surface area (Å²) < 4.78 is 52.7. The van der Waals surface area contributed by atoms with Gasteiger partial charge in [0.05, 0.1) is 11.3 Å². The number of urea groups is 1. The zero-order valence-electron chi connectivity index (χ0n) is 13.5. The maximum absolute atomic E-state index is 14.1. The smallest absolute Gasteiger partial charge is 0.309 e. The van der Waals surface area contributed by atoms with Crippen LogP contribution in [0.1, 0.15) is 5.56 Å². The van der Waals surface area contributed by atoms with Gasteiger partial charge in [0, 0.05) is 26.2 Å². The van der Waals surface area contributed by atoms with Gasteiger partial charge in [-0.2, -0.15) is 13.2 Å². The normalized spacial score (nSPS) is 20.8. The molecule has 3 amide bonds. The molecular weight excluding hydrogens is 378 g/mol. The zero-order chi connectivity index (χ0) is 18.4. The maximum atomic E-state index is 14.1. The second kappa shape index (κ2) is 7.24. The van der Waals surface area contributed by atoms with Gasteiger partial charge >= 0.3 is 12.2 Å². The quantitative estimate of drug-likeness (QED) is 0.450. The van der Waals surface area contributed by atoms with Crippen LogP contribution in [0.2, 0.25) is 0 Å². The van der Waals surface area contributed by atoms with Crippen LogP contribution in [0, 0.1) is 5.82 Å². The average molecular weight is 394 g/mol. The summed E-state index contributed by atoms with van der Waals surface area (Å²) in [6.45, 7) is 5.09. The number of nitrogens with zero attached hydrogens (tertiary/aromatic N) is 3. The largest absolute Gasteiger partial charge is 0.416 e. The van der Waals surface area contributed by atoms with Crippen molar-refractivity contribution >= 4 is 30.0 Å². The lowest BCUT2D eigenvalue weighted by molar-refractivity contribution is -0.137. The first kappa shape index (κ1) is 20.2. The van der Waals surface area contributed by atoms with Gasteiger partial charge in [0.2, 0.25) is 0 Å². The average Bonchev–Trinajstić information content (AvgIpc) is 2.78. The van der Waals surface area contributed by atoms with Crippen molar-refractivity contribution in [3.05, 3.63) is 42.2 Å². The Balaban J connectivity index is 0.00000243. The summed E-state index contributed by atoms with van der Waals surface area (Å²) in [5.41, 5.74) is -1.79. The number of alkyl halides is 3. The molecule has 0 N–H and O–H groups in total. The lowest BCUT2D eigenvalue weighted by Crippen LogP contribution is -2.52. The number of carbonyl (C=O) groups is 2. The molecule has 0 aromatic heterocycles. The van der Waals surface area contributed by atoms with Gasteiger partial charge in [-0.25, -0.2) is 14.1 Å². The molecule has 0 spiro atoms. The van der Waals surface area contributed by atoms with Crippen molar-refractivity contribution in [3.8, 4) is 0 Å². The third kappa shape index (κ3) is 3.41. The van der Waals surface area contributed by atoms with Crippen LogP contribution in [0.3, 0.4) is 0 Å². The van der Waals surface area contributed by atoms with E-state index in [9.17, 15) is 27.2 Å². The van der Waals surface area contributed by atoms with Crippen molar-refractivity contribution in [2.45, 2.75) is 12.2 Å². The third-order valence-corrected chi connectivity index (χ3v) is 4.31. The second-order valence-electron chi connectivity index (χ2n) is 5.88. The van der Waals surface area contributed by atoms with Crippen LogP contribution in [-0.4, -0.2) is 54.0 Å². The molecule has 0 aliphatic carbocycles. The molecule has 1 aromatic rings. The Bertz CT molecular complexity index is 741. The highest BCUT2D eigenvalue weighted by Gasteiger charge is 2.49. The molecule has 3 rings (SSSR count). The van der Waals surface area contributed by atoms with E-state index in [1.807, 2.05) is 4.90 Å². The standard InChI is InChI=1S/C16H15F4N3O2.ClH/c1-2-5-21-6-7-22-13(9-21)14(24)23(15(22)25)12-8-10(16(18,19)20)3-4-11(12)17;/h2-4,8,13H,1,5-7,9H2;1H. The highest BCUT2D eigenvalue weighted by Crippen LogP contribution is 2.35. The van der Waals surface area contributed by atoms with Gasteiger partial charge in [-0.05, 0) is 18.2 Å². The van der Waals surface area contributed by atoms with Gasteiger partial charge < -0.3 is 4.90 Å². The predicted molar refractivity (Wildman–Crippen MR) is 88.7 cm³/mol. The Morgan fingerprint density at radius 2 is 1.92 bits per heavy atom. The first-order valence-corrected chi connectivity index (χ1v) is 7.58. The minimum Gasteiger partial charge on any atom is -0.309 e. The van der Waals surface area contributed by atoms with Crippen molar-refractivity contribution < 1.29 is 27.2 Å². The molecule has 2 aliphatic heterocycles. The number of rotatable bonds is 3. The van der Waals surface area contributed by atoms with Crippen LogP contribution in [0.15, 0.2) is 30.9 Å². The summed E-state index contributed by atoms with van der Waals surface area (Å²) in [7, 11) is 0. The number of benzene rings is 1. The number of carbonyl (C=O) groups excluding carboxylic acids is 2. The maximum Gasteiger partial charge on any atom is 0.416 e. The van der Waals surface area contributed by atoms with Gasteiger partial charge in [0.25, 0.3) is 5.91 Å². The number of hydrogen-bond acceptors (Lipinski definition) is 3. The van der Waals surface area contributed by atoms with E-state index in [4.69, 9.17) is 0 Å². The topological polar surface area (TPSA) is 43.9 Å². The molecule has 2 saturated heterocycles. The predicted octanol–water partition coefficient (Wildman–Crippen LogP) is 2.91. The van der Waals surface area contributed by atoms with Crippen molar-refractivity contribution in [2.24, 2.45) is 0 Å². The number of halogens is 5. The highest BCUT2D eigenvalue weighted by atomic mass is 35.5. The van der Waals surface area contributed by atoms with Gasteiger partial charge in [-0.1, -0.05) is 6.08 Å². The number of anilines is 1. The molecule has 1 unspecified atom stereocenters. The Kier molecular flexibility index (Phi) is 5.62. The van der Waals surface area contributed by atoms with Gasteiger partial charge in [-0.15, -0.1) is 19.0 Å². The fraction of sp³-hybridized carbons (Fsp3) is 0.375. The lowest BCUT2D eigenvalue weighted by atomic mass is 10.1. The van der Waals surface area contributed by atoms with Gasteiger partial charge in [0.1, 0.15) is 11.9 Å². The van der Waals surface area contributed by atoms with Crippen molar-refractivity contribution in [1.29, 1.82) is 0 Å². The van der Waals surface area contributed by atoms with E-state index in [1.54, 1.807) is 6.08 Å².